The number of nitrogens with zero attached hydrogens (tertiary/aromatic N) is 1. The SMILES string of the molecule is CCCCCC(C)(C)CN1C(=O)C(C)NC1CC(C)C. The first-order valence-electron chi connectivity index (χ1n) is 8.33. The summed E-state index contributed by atoms with van der Waals surface area (Å²) in [6.07, 6.45) is 6.29. The highest BCUT2D eigenvalue weighted by Crippen LogP contribution is 2.28. The van der Waals surface area contributed by atoms with Crippen molar-refractivity contribution in [2.45, 2.75) is 85.9 Å². The average Bonchev–Trinajstić information content (AvgIpc) is 2.56. The van der Waals surface area contributed by atoms with Crippen LogP contribution < -0.4 is 5.32 Å². The standard InChI is InChI=1S/C17H34N2O/c1-7-8-9-10-17(5,6)12-19-15(11-13(2)3)18-14(4)16(19)20/h13-15,18H,7-12H2,1-6H3. The van der Waals surface area contributed by atoms with Crippen LogP contribution in [0, 0.1) is 11.3 Å². The van der Waals surface area contributed by atoms with Gasteiger partial charge in [0.2, 0.25) is 5.91 Å². The molecule has 0 aromatic rings. The van der Waals surface area contributed by atoms with E-state index < -0.39 is 0 Å². The Morgan fingerprint density at radius 2 is 1.95 bits per heavy atom. The maximum Gasteiger partial charge on any atom is 0.240 e. The quantitative estimate of drug-likeness (QED) is 0.687. The lowest BCUT2D eigenvalue weighted by atomic mass is 9.86. The molecule has 20 heavy (non-hydrogen) atoms. The topological polar surface area (TPSA) is 32.3 Å². The van der Waals surface area contributed by atoms with E-state index in [1.807, 2.05) is 6.92 Å². The van der Waals surface area contributed by atoms with E-state index in [-0.39, 0.29) is 23.5 Å². The first kappa shape index (κ1) is 17.5. The Kier molecular flexibility index (Phi) is 6.50. The monoisotopic (exact) mass is 282 g/mol. The fraction of sp³-hybridized carbons (Fsp3) is 0.941. The molecule has 1 heterocycles. The van der Waals surface area contributed by atoms with E-state index in [2.05, 4.69) is 44.8 Å². The number of hydrogen-bond donors (Lipinski definition) is 1. The molecule has 3 heteroatoms. The Labute approximate surface area is 125 Å². The summed E-state index contributed by atoms with van der Waals surface area (Å²) < 4.78 is 0. The highest BCUT2D eigenvalue weighted by Gasteiger charge is 2.38. The largest absolute Gasteiger partial charge is 0.325 e. The molecule has 1 amide bonds. The van der Waals surface area contributed by atoms with Gasteiger partial charge < -0.3 is 4.90 Å². The van der Waals surface area contributed by atoms with E-state index in [1.165, 1.54) is 25.7 Å². The van der Waals surface area contributed by atoms with Gasteiger partial charge in [-0.25, -0.2) is 0 Å². The van der Waals surface area contributed by atoms with Crippen LogP contribution >= 0.6 is 0 Å². The van der Waals surface area contributed by atoms with Crippen molar-refractivity contribution in [3.63, 3.8) is 0 Å². The Morgan fingerprint density at radius 1 is 1.30 bits per heavy atom. The summed E-state index contributed by atoms with van der Waals surface area (Å²) in [5.41, 5.74) is 0.214. The smallest absolute Gasteiger partial charge is 0.240 e. The van der Waals surface area contributed by atoms with Crippen LogP contribution in [0.15, 0.2) is 0 Å². The lowest BCUT2D eigenvalue weighted by molar-refractivity contribution is -0.131. The van der Waals surface area contributed by atoms with Gasteiger partial charge in [0.15, 0.2) is 0 Å². The molecule has 1 saturated heterocycles. The maximum absolute atomic E-state index is 12.4. The van der Waals surface area contributed by atoms with Crippen molar-refractivity contribution in [1.82, 2.24) is 10.2 Å². The second-order valence-corrected chi connectivity index (χ2v) is 7.62. The van der Waals surface area contributed by atoms with E-state index in [0.29, 0.717) is 5.92 Å². The minimum atomic E-state index is -0.0230. The van der Waals surface area contributed by atoms with E-state index >= 15 is 0 Å². The number of rotatable bonds is 8. The first-order chi connectivity index (χ1) is 9.26. The Hall–Kier alpha value is -0.570. The van der Waals surface area contributed by atoms with Gasteiger partial charge >= 0.3 is 0 Å². The summed E-state index contributed by atoms with van der Waals surface area (Å²) >= 11 is 0. The summed E-state index contributed by atoms with van der Waals surface area (Å²) in [7, 11) is 0. The summed E-state index contributed by atoms with van der Waals surface area (Å²) in [4.78, 5) is 14.5. The second kappa shape index (κ2) is 7.44. The zero-order chi connectivity index (χ0) is 15.3. The molecular formula is C17H34N2O. The number of amides is 1. The number of nitrogens with one attached hydrogen (secondary N) is 1. The number of unbranched alkanes of at least 4 members (excludes halogenated alkanes) is 2. The third-order valence-electron chi connectivity index (χ3n) is 4.22. The molecule has 1 N–H and O–H groups in total. The van der Waals surface area contributed by atoms with Gasteiger partial charge in [0.05, 0.1) is 12.2 Å². The van der Waals surface area contributed by atoms with Gasteiger partial charge in [-0.2, -0.15) is 0 Å². The van der Waals surface area contributed by atoms with Crippen LogP contribution in [-0.4, -0.2) is 29.6 Å². The Balaban J connectivity index is 2.63. The molecule has 1 aliphatic rings. The molecule has 0 aliphatic carbocycles. The third-order valence-corrected chi connectivity index (χ3v) is 4.22. The minimum Gasteiger partial charge on any atom is -0.325 e. The van der Waals surface area contributed by atoms with Crippen molar-refractivity contribution in [2.24, 2.45) is 11.3 Å². The zero-order valence-corrected chi connectivity index (χ0v) is 14.3. The highest BCUT2D eigenvalue weighted by atomic mass is 16.2. The van der Waals surface area contributed by atoms with Crippen LogP contribution in [0.4, 0.5) is 0 Å². The molecule has 1 aliphatic heterocycles. The van der Waals surface area contributed by atoms with Gasteiger partial charge in [0.1, 0.15) is 0 Å². The van der Waals surface area contributed by atoms with E-state index in [1.54, 1.807) is 0 Å². The van der Waals surface area contributed by atoms with E-state index in [4.69, 9.17) is 0 Å². The van der Waals surface area contributed by atoms with Crippen molar-refractivity contribution in [3.05, 3.63) is 0 Å². The maximum atomic E-state index is 12.4. The highest BCUT2D eigenvalue weighted by molar-refractivity contribution is 5.83. The van der Waals surface area contributed by atoms with Crippen LogP contribution in [0.5, 0.6) is 0 Å². The lowest BCUT2D eigenvalue weighted by Gasteiger charge is -2.34. The molecule has 2 atom stereocenters. The fourth-order valence-corrected chi connectivity index (χ4v) is 3.08. The van der Waals surface area contributed by atoms with E-state index in [0.717, 1.165) is 13.0 Å². The molecule has 0 spiro atoms. The summed E-state index contributed by atoms with van der Waals surface area (Å²) in [6.45, 7) is 14.1. The van der Waals surface area contributed by atoms with Crippen molar-refractivity contribution in [1.29, 1.82) is 0 Å². The predicted octanol–water partition coefficient (Wildman–Crippen LogP) is 3.79. The molecule has 0 aromatic carbocycles. The predicted molar refractivity (Wildman–Crippen MR) is 85.5 cm³/mol. The molecule has 0 radical (unpaired) electrons. The van der Waals surface area contributed by atoms with Crippen molar-refractivity contribution >= 4 is 5.91 Å². The number of hydrogen-bond acceptors (Lipinski definition) is 2. The van der Waals surface area contributed by atoms with Crippen LogP contribution in [0.2, 0.25) is 0 Å². The van der Waals surface area contributed by atoms with Gasteiger partial charge in [0.25, 0.3) is 0 Å². The van der Waals surface area contributed by atoms with Crippen LogP contribution in [0.3, 0.4) is 0 Å². The summed E-state index contributed by atoms with van der Waals surface area (Å²) in [5.74, 6) is 0.885. The van der Waals surface area contributed by atoms with Gasteiger partial charge in [-0.05, 0) is 31.1 Å². The van der Waals surface area contributed by atoms with Crippen molar-refractivity contribution in [2.75, 3.05) is 6.54 Å². The fourth-order valence-electron chi connectivity index (χ4n) is 3.08. The molecular weight excluding hydrogens is 248 g/mol. The van der Waals surface area contributed by atoms with Crippen molar-refractivity contribution in [3.8, 4) is 0 Å². The molecule has 0 saturated carbocycles. The number of carbonyl (C=O) groups excluding carboxylic acids is 1. The van der Waals surface area contributed by atoms with Crippen LogP contribution in [0.25, 0.3) is 0 Å². The van der Waals surface area contributed by atoms with Gasteiger partial charge in [-0.1, -0.05) is 53.9 Å². The summed E-state index contributed by atoms with van der Waals surface area (Å²) in [6, 6.07) is -0.0230. The third kappa shape index (κ3) is 5.08. The van der Waals surface area contributed by atoms with Crippen molar-refractivity contribution < 1.29 is 4.79 Å². The zero-order valence-electron chi connectivity index (χ0n) is 14.3. The lowest BCUT2D eigenvalue weighted by Crippen LogP contribution is -2.43. The average molecular weight is 282 g/mol. The normalized spacial score (nSPS) is 23.9. The molecule has 0 aromatic heterocycles. The van der Waals surface area contributed by atoms with Gasteiger partial charge in [0, 0.05) is 6.54 Å². The Morgan fingerprint density at radius 3 is 2.50 bits per heavy atom. The van der Waals surface area contributed by atoms with E-state index in [9.17, 15) is 4.79 Å². The molecule has 3 nitrogen and oxygen atoms in total. The second-order valence-electron chi connectivity index (χ2n) is 7.62. The number of carbonyl (C=O) groups is 1. The minimum absolute atomic E-state index is 0.0230. The molecule has 0 bridgehead atoms. The Bertz CT molecular complexity index is 312. The van der Waals surface area contributed by atoms with Gasteiger partial charge in [-0.15, -0.1) is 0 Å². The molecule has 118 valence electrons. The molecule has 2 unspecified atom stereocenters. The molecule has 1 fully saturated rings. The first-order valence-corrected chi connectivity index (χ1v) is 8.33. The van der Waals surface area contributed by atoms with Gasteiger partial charge in [-0.3, -0.25) is 10.1 Å². The van der Waals surface area contributed by atoms with Crippen LogP contribution in [-0.2, 0) is 4.79 Å². The summed E-state index contributed by atoms with van der Waals surface area (Å²) in [5, 5.41) is 3.45. The molecule has 1 rings (SSSR count). The van der Waals surface area contributed by atoms with Crippen LogP contribution in [0.1, 0.15) is 73.6 Å².